The number of hydrogen-bond acceptors (Lipinski definition) is 2. The van der Waals surface area contributed by atoms with Crippen molar-refractivity contribution in [3.63, 3.8) is 0 Å². The Labute approximate surface area is 97.0 Å². The standard InChI is InChI=1S/C13H18NO2/c1-4-5-9-16-13(15)14(3)12-8-6-7-11(2)10-12/h6-8,10H,1,4-5,9H2,2-3H3. The van der Waals surface area contributed by atoms with Gasteiger partial charge in [0, 0.05) is 12.7 Å². The summed E-state index contributed by atoms with van der Waals surface area (Å²) in [5.74, 6) is 0. The van der Waals surface area contributed by atoms with Crippen LogP contribution in [0.15, 0.2) is 24.3 Å². The van der Waals surface area contributed by atoms with Gasteiger partial charge in [0.05, 0.1) is 6.61 Å². The number of ether oxygens (including phenoxy) is 1. The zero-order chi connectivity index (χ0) is 12.0. The highest BCUT2D eigenvalue weighted by Gasteiger charge is 2.11. The van der Waals surface area contributed by atoms with Gasteiger partial charge in [-0.1, -0.05) is 25.5 Å². The highest BCUT2D eigenvalue weighted by atomic mass is 16.6. The first-order valence-electron chi connectivity index (χ1n) is 5.41. The fourth-order valence-corrected chi connectivity index (χ4v) is 1.30. The van der Waals surface area contributed by atoms with Crippen LogP contribution in [0.5, 0.6) is 0 Å². The Balaban J connectivity index is 2.56. The van der Waals surface area contributed by atoms with Gasteiger partial charge in [-0.25, -0.2) is 4.79 Å². The monoisotopic (exact) mass is 220 g/mol. The highest BCUT2D eigenvalue weighted by Crippen LogP contribution is 2.15. The molecule has 1 aromatic rings. The number of rotatable bonds is 4. The van der Waals surface area contributed by atoms with Crippen molar-refractivity contribution in [1.29, 1.82) is 0 Å². The molecule has 0 aliphatic rings. The second-order valence-electron chi connectivity index (χ2n) is 3.72. The van der Waals surface area contributed by atoms with E-state index in [1.165, 1.54) is 4.90 Å². The van der Waals surface area contributed by atoms with E-state index in [2.05, 4.69) is 6.92 Å². The smallest absolute Gasteiger partial charge is 0.414 e. The first kappa shape index (κ1) is 12.6. The Kier molecular flexibility index (Phi) is 4.83. The van der Waals surface area contributed by atoms with Gasteiger partial charge in [-0.05, 0) is 31.0 Å². The molecule has 3 heteroatoms. The summed E-state index contributed by atoms with van der Waals surface area (Å²) in [6.07, 6.45) is 1.26. The van der Waals surface area contributed by atoms with Crippen molar-refractivity contribution in [3.8, 4) is 0 Å². The third-order valence-corrected chi connectivity index (χ3v) is 2.28. The zero-order valence-corrected chi connectivity index (χ0v) is 9.90. The highest BCUT2D eigenvalue weighted by molar-refractivity contribution is 5.86. The second kappa shape index (κ2) is 6.16. The van der Waals surface area contributed by atoms with E-state index in [1.807, 2.05) is 31.2 Å². The molecule has 0 N–H and O–H groups in total. The van der Waals surface area contributed by atoms with E-state index in [-0.39, 0.29) is 6.09 Å². The summed E-state index contributed by atoms with van der Waals surface area (Å²) in [6.45, 7) is 6.11. The first-order chi connectivity index (χ1) is 7.65. The zero-order valence-electron chi connectivity index (χ0n) is 9.90. The summed E-state index contributed by atoms with van der Waals surface area (Å²) in [4.78, 5) is 13.1. The molecule has 0 aromatic heterocycles. The fraction of sp³-hybridized carbons (Fsp3) is 0.385. The molecular weight excluding hydrogens is 202 g/mol. The minimum atomic E-state index is -0.320. The number of carbonyl (C=O) groups is 1. The SMILES string of the molecule is [CH2]CCCOC(=O)N(C)c1cccc(C)c1. The number of benzene rings is 1. The van der Waals surface area contributed by atoms with Gasteiger partial charge in [0.1, 0.15) is 0 Å². The molecule has 87 valence electrons. The molecule has 1 radical (unpaired) electrons. The van der Waals surface area contributed by atoms with Crippen molar-refractivity contribution < 1.29 is 9.53 Å². The maximum Gasteiger partial charge on any atom is 0.414 e. The lowest BCUT2D eigenvalue weighted by molar-refractivity contribution is 0.154. The summed E-state index contributed by atoms with van der Waals surface area (Å²) in [7, 11) is 1.71. The Bertz CT molecular complexity index is 350. The Morgan fingerprint density at radius 3 is 2.88 bits per heavy atom. The van der Waals surface area contributed by atoms with Gasteiger partial charge in [-0.2, -0.15) is 0 Å². The van der Waals surface area contributed by atoms with Gasteiger partial charge in [-0.15, -0.1) is 0 Å². The summed E-state index contributed by atoms with van der Waals surface area (Å²) >= 11 is 0. The maximum absolute atomic E-state index is 11.6. The molecule has 0 aliphatic heterocycles. The topological polar surface area (TPSA) is 29.5 Å². The fourth-order valence-electron chi connectivity index (χ4n) is 1.30. The summed E-state index contributed by atoms with van der Waals surface area (Å²) in [5, 5.41) is 0. The van der Waals surface area contributed by atoms with Crippen molar-refractivity contribution in [2.24, 2.45) is 0 Å². The molecule has 0 saturated carbocycles. The second-order valence-corrected chi connectivity index (χ2v) is 3.72. The van der Waals surface area contributed by atoms with Crippen LogP contribution in [-0.2, 0) is 4.74 Å². The van der Waals surface area contributed by atoms with Gasteiger partial charge < -0.3 is 4.74 Å². The largest absolute Gasteiger partial charge is 0.449 e. The lowest BCUT2D eigenvalue weighted by Gasteiger charge is -2.17. The van der Waals surface area contributed by atoms with Gasteiger partial charge in [-0.3, -0.25) is 4.90 Å². The molecule has 1 amide bonds. The van der Waals surface area contributed by atoms with Crippen LogP contribution in [0.2, 0.25) is 0 Å². The molecule has 0 fully saturated rings. The van der Waals surface area contributed by atoms with Crippen LogP contribution in [0.4, 0.5) is 10.5 Å². The summed E-state index contributed by atoms with van der Waals surface area (Å²) in [5.41, 5.74) is 1.97. The van der Waals surface area contributed by atoms with Gasteiger partial charge in [0.15, 0.2) is 0 Å². The number of hydrogen-bond donors (Lipinski definition) is 0. The normalized spacial score (nSPS) is 9.94. The Morgan fingerprint density at radius 1 is 1.50 bits per heavy atom. The number of amides is 1. The lowest BCUT2D eigenvalue weighted by Crippen LogP contribution is -2.27. The molecular formula is C13H18NO2. The Morgan fingerprint density at radius 2 is 2.25 bits per heavy atom. The van der Waals surface area contributed by atoms with Gasteiger partial charge in [0.2, 0.25) is 0 Å². The average Bonchev–Trinajstić information content (AvgIpc) is 2.28. The van der Waals surface area contributed by atoms with E-state index in [4.69, 9.17) is 4.74 Å². The van der Waals surface area contributed by atoms with E-state index in [0.717, 1.165) is 24.1 Å². The molecule has 0 aliphatic carbocycles. The lowest BCUT2D eigenvalue weighted by atomic mass is 10.2. The molecule has 1 rings (SSSR count). The van der Waals surface area contributed by atoms with Crippen LogP contribution in [-0.4, -0.2) is 19.7 Å². The van der Waals surface area contributed by atoms with E-state index in [9.17, 15) is 4.79 Å². The van der Waals surface area contributed by atoms with E-state index >= 15 is 0 Å². The first-order valence-corrected chi connectivity index (χ1v) is 5.41. The van der Waals surface area contributed by atoms with Crippen LogP contribution in [0.1, 0.15) is 18.4 Å². The molecule has 0 saturated heterocycles. The number of nitrogens with zero attached hydrogens (tertiary/aromatic N) is 1. The van der Waals surface area contributed by atoms with Crippen molar-refractivity contribution in [1.82, 2.24) is 0 Å². The number of unbranched alkanes of at least 4 members (excludes halogenated alkanes) is 1. The minimum Gasteiger partial charge on any atom is -0.449 e. The predicted octanol–water partition coefficient (Wildman–Crippen LogP) is 3.18. The quantitative estimate of drug-likeness (QED) is 0.729. The van der Waals surface area contributed by atoms with E-state index in [1.54, 1.807) is 7.05 Å². The van der Waals surface area contributed by atoms with Gasteiger partial charge in [0.25, 0.3) is 0 Å². The van der Waals surface area contributed by atoms with Crippen LogP contribution >= 0.6 is 0 Å². The van der Waals surface area contributed by atoms with Crippen LogP contribution in [0, 0.1) is 13.8 Å². The molecule has 0 unspecified atom stereocenters. The third-order valence-electron chi connectivity index (χ3n) is 2.28. The van der Waals surface area contributed by atoms with Crippen molar-refractivity contribution in [3.05, 3.63) is 36.8 Å². The predicted molar refractivity (Wildman–Crippen MR) is 65.5 cm³/mol. The van der Waals surface area contributed by atoms with E-state index < -0.39 is 0 Å². The molecule has 0 bridgehead atoms. The van der Waals surface area contributed by atoms with Crippen LogP contribution in [0.3, 0.4) is 0 Å². The maximum atomic E-state index is 11.6. The van der Waals surface area contributed by atoms with Gasteiger partial charge >= 0.3 is 6.09 Å². The van der Waals surface area contributed by atoms with Crippen molar-refractivity contribution in [2.75, 3.05) is 18.6 Å². The third kappa shape index (κ3) is 3.57. The Hall–Kier alpha value is -1.51. The van der Waals surface area contributed by atoms with Crippen molar-refractivity contribution in [2.45, 2.75) is 19.8 Å². The minimum absolute atomic E-state index is 0.320. The molecule has 1 aromatic carbocycles. The summed E-state index contributed by atoms with van der Waals surface area (Å²) in [6, 6.07) is 7.74. The van der Waals surface area contributed by atoms with Crippen LogP contribution < -0.4 is 4.90 Å². The number of carbonyl (C=O) groups excluding carboxylic acids is 1. The number of aryl methyl sites for hydroxylation is 1. The molecule has 16 heavy (non-hydrogen) atoms. The van der Waals surface area contributed by atoms with Crippen molar-refractivity contribution >= 4 is 11.8 Å². The molecule has 0 spiro atoms. The molecule has 3 nitrogen and oxygen atoms in total. The average molecular weight is 220 g/mol. The van der Waals surface area contributed by atoms with E-state index in [0.29, 0.717) is 6.61 Å². The molecule has 0 atom stereocenters. The number of anilines is 1. The summed E-state index contributed by atoms with van der Waals surface area (Å²) < 4.78 is 5.09. The van der Waals surface area contributed by atoms with Crippen LogP contribution in [0.25, 0.3) is 0 Å². The molecule has 0 heterocycles.